The number of hydrogen-bond acceptors (Lipinski definition) is 4. The van der Waals surface area contributed by atoms with E-state index in [-0.39, 0.29) is 29.9 Å². The van der Waals surface area contributed by atoms with Gasteiger partial charge >= 0.3 is 11.9 Å². The van der Waals surface area contributed by atoms with Crippen molar-refractivity contribution in [3.63, 3.8) is 0 Å². The predicted molar refractivity (Wildman–Crippen MR) is 68.9 cm³/mol. The Bertz CT molecular complexity index is 276. The van der Waals surface area contributed by atoms with Gasteiger partial charge in [-0.05, 0) is 13.3 Å². The topological polar surface area (TPSA) is 52.6 Å². The molecule has 0 bridgehead atoms. The van der Waals surface area contributed by atoms with Gasteiger partial charge in [-0.2, -0.15) is 0 Å². The Morgan fingerprint density at radius 2 is 1.79 bits per heavy atom. The SMILES string of the molecule is CCCCC(=O)OC(C)C(=O)OCC[N+](C)(C)C.[I-]. The monoisotopic (exact) mass is 387 g/mol. The highest BCUT2D eigenvalue weighted by molar-refractivity contribution is 5.78. The second-order valence-electron chi connectivity index (χ2n) is 5.42. The van der Waals surface area contributed by atoms with Crippen molar-refractivity contribution in [3.05, 3.63) is 0 Å². The van der Waals surface area contributed by atoms with Crippen molar-refractivity contribution in [2.75, 3.05) is 34.3 Å². The number of quaternary nitrogens is 1. The molecule has 0 aliphatic rings. The van der Waals surface area contributed by atoms with Crippen molar-refractivity contribution in [1.82, 2.24) is 0 Å². The minimum atomic E-state index is -0.818. The zero-order valence-corrected chi connectivity index (χ0v) is 14.7. The van der Waals surface area contributed by atoms with Crippen molar-refractivity contribution in [1.29, 1.82) is 0 Å². The molecule has 6 heteroatoms. The minimum Gasteiger partial charge on any atom is -1.00 e. The van der Waals surface area contributed by atoms with Crippen LogP contribution in [0.15, 0.2) is 0 Å². The molecule has 0 aliphatic carbocycles. The molecular formula is C13H26INO4. The highest BCUT2D eigenvalue weighted by Crippen LogP contribution is 2.02. The third kappa shape index (κ3) is 12.4. The summed E-state index contributed by atoms with van der Waals surface area (Å²) in [5.74, 6) is -0.818. The van der Waals surface area contributed by atoms with Gasteiger partial charge in [0.2, 0.25) is 0 Å². The molecule has 0 aromatic heterocycles. The lowest BCUT2D eigenvalue weighted by Crippen LogP contribution is -3.00. The zero-order chi connectivity index (χ0) is 14.2. The van der Waals surface area contributed by atoms with Crippen molar-refractivity contribution in [2.24, 2.45) is 0 Å². The molecule has 0 amide bonds. The first-order valence-electron chi connectivity index (χ1n) is 6.43. The first kappa shape index (κ1) is 20.9. The number of nitrogens with zero attached hydrogens (tertiary/aromatic N) is 1. The summed E-state index contributed by atoms with van der Waals surface area (Å²) in [5, 5.41) is 0. The summed E-state index contributed by atoms with van der Waals surface area (Å²) in [6.45, 7) is 4.59. The Morgan fingerprint density at radius 3 is 2.26 bits per heavy atom. The fourth-order valence-electron chi connectivity index (χ4n) is 1.16. The smallest absolute Gasteiger partial charge is 0.347 e. The molecule has 0 aromatic carbocycles. The number of halogens is 1. The van der Waals surface area contributed by atoms with Gasteiger partial charge in [0.1, 0.15) is 13.2 Å². The fourth-order valence-corrected chi connectivity index (χ4v) is 1.16. The van der Waals surface area contributed by atoms with Crippen LogP contribution in [0.2, 0.25) is 0 Å². The van der Waals surface area contributed by atoms with E-state index in [1.807, 2.05) is 28.1 Å². The molecule has 0 aromatic rings. The predicted octanol–water partition coefficient (Wildman–Crippen LogP) is -1.64. The Balaban J connectivity index is 0. The molecule has 1 atom stereocenters. The molecule has 0 N–H and O–H groups in total. The van der Waals surface area contributed by atoms with Crippen LogP contribution in [-0.2, 0) is 19.1 Å². The third-order valence-corrected chi connectivity index (χ3v) is 2.38. The standard InChI is InChI=1S/C13H26NO4.HI/c1-6-7-8-12(15)18-11(2)13(16)17-10-9-14(3,4)5;/h11H,6-10H2,1-5H3;1H/q+1;/p-1. The summed E-state index contributed by atoms with van der Waals surface area (Å²) < 4.78 is 10.8. The second kappa shape index (κ2) is 10.4. The lowest BCUT2D eigenvalue weighted by atomic mass is 10.2. The second-order valence-corrected chi connectivity index (χ2v) is 5.42. The zero-order valence-electron chi connectivity index (χ0n) is 12.6. The average molecular weight is 387 g/mol. The Morgan fingerprint density at radius 1 is 1.21 bits per heavy atom. The molecule has 0 fully saturated rings. The number of hydrogen-bond donors (Lipinski definition) is 0. The highest BCUT2D eigenvalue weighted by atomic mass is 127. The maximum absolute atomic E-state index is 11.5. The first-order chi connectivity index (χ1) is 8.26. The largest absolute Gasteiger partial charge is 1.00 e. The van der Waals surface area contributed by atoms with Gasteiger partial charge in [-0.3, -0.25) is 4.79 Å². The molecule has 1 unspecified atom stereocenters. The van der Waals surface area contributed by atoms with Crippen LogP contribution < -0.4 is 24.0 Å². The lowest BCUT2D eigenvalue weighted by Gasteiger charge is -2.23. The van der Waals surface area contributed by atoms with Gasteiger partial charge in [-0.15, -0.1) is 0 Å². The van der Waals surface area contributed by atoms with E-state index in [0.717, 1.165) is 23.9 Å². The van der Waals surface area contributed by atoms with E-state index in [2.05, 4.69) is 0 Å². The van der Waals surface area contributed by atoms with E-state index < -0.39 is 12.1 Å². The Labute approximate surface area is 133 Å². The third-order valence-electron chi connectivity index (χ3n) is 2.38. The van der Waals surface area contributed by atoms with Crippen LogP contribution in [0.3, 0.4) is 0 Å². The summed E-state index contributed by atoms with van der Waals surface area (Å²) in [6, 6.07) is 0. The quantitative estimate of drug-likeness (QED) is 0.285. The number of likely N-dealkylation sites (N-methyl/N-ethyl adjacent to an activating group) is 1. The van der Waals surface area contributed by atoms with Gasteiger partial charge in [-0.1, -0.05) is 13.3 Å². The molecule has 0 aliphatic heterocycles. The van der Waals surface area contributed by atoms with Crippen molar-refractivity contribution in [2.45, 2.75) is 39.2 Å². The molecular weight excluding hydrogens is 361 g/mol. The first-order valence-corrected chi connectivity index (χ1v) is 6.43. The van der Waals surface area contributed by atoms with E-state index in [0.29, 0.717) is 13.0 Å². The van der Waals surface area contributed by atoms with Crippen molar-refractivity contribution >= 4 is 11.9 Å². The van der Waals surface area contributed by atoms with Gasteiger partial charge in [0.15, 0.2) is 6.10 Å². The van der Waals surface area contributed by atoms with Crippen LogP contribution in [0.1, 0.15) is 33.1 Å². The number of esters is 2. The summed E-state index contributed by atoms with van der Waals surface area (Å²) in [6.07, 6.45) is 1.24. The van der Waals surface area contributed by atoms with Crippen molar-refractivity contribution in [3.8, 4) is 0 Å². The van der Waals surface area contributed by atoms with Crippen LogP contribution in [0.5, 0.6) is 0 Å². The van der Waals surface area contributed by atoms with Gasteiger partial charge in [0, 0.05) is 6.42 Å². The molecule has 0 saturated carbocycles. The van der Waals surface area contributed by atoms with E-state index >= 15 is 0 Å². The van der Waals surface area contributed by atoms with E-state index in [4.69, 9.17) is 9.47 Å². The normalized spacial score (nSPS) is 12.3. The van der Waals surface area contributed by atoms with Crippen LogP contribution in [0.4, 0.5) is 0 Å². The fraction of sp³-hybridized carbons (Fsp3) is 0.846. The molecule has 0 radical (unpaired) electrons. The number of rotatable bonds is 8. The molecule has 0 heterocycles. The summed E-state index contributed by atoms with van der Waals surface area (Å²) in [5.41, 5.74) is 0. The van der Waals surface area contributed by atoms with E-state index in [1.165, 1.54) is 6.92 Å². The summed E-state index contributed by atoms with van der Waals surface area (Å²) >= 11 is 0. The lowest BCUT2D eigenvalue weighted by molar-refractivity contribution is -0.870. The molecule has 0 rings (SSSR count). The number of carbonyl (C=O) groups excluding carboxylic acids is 2. The summed E-state index contributed by atoms with van der Waals surface area (Å²) in [4.78, 5) is 22.8. The number of unbranched alkanes of at least 4 members (excludes halogenated alkanes) is 1. The number of carbonyl (C=O) groups is 2. The highest BCUT2D eigenvalue weighted by Gasteiger charge is 2.19. The average Bonchev–Trinajstić information content (AvgIpc) is 2.24. The molecule has 114 valence electrons. The maximum atomic E-state index is 11.5. The van der Waals surface area contributed by atoms with Crippen molar-refractivity contribution < 1.29 is 47.5 Å². The van der Waals surface area contributed by atoms with Crippen LogP contribution in [0, 0.1) is 0 Å². The van der Waals surface area contributed by atoms with Crippen LogP contribution in [0.25, 0.3) is 0 Å². The van der Waals surface area contributed by atoms with Crippen LogP contribution >= 0.6 is 0 Å². The maximum Gasteiger partial charge on any atom is 0.347 e. The van der Waals surface area contributed by atoms with Gasteiger partial charge < -0.3 is 37.9 Å². The molecule has 19 heavy (non-hydrogen) atoms. The van der Waals surface area contributed by atoms with E-state index in [9.17, 15) is 9.59 Å². The van der Waals surface area contributed by atoms with Gasteiger partial charge in [0.05, 0.1) is 21.1 Å². The molecule has 0 saturated heterocycles. The molecule has 5 nitrogen and oxygen atoms in total. The van der Waals surface area contributed by atoms with Gasteiger partial charge in [-0.25, -0.2) is 4.79 Å². The minimum absolute atomic E-state index is 0. The van der Waals surface area contributed by atoms with Gasteiger partial charge in [0.25, 0.3) is 0 Å². The Kier molecular flexibility index (Phi) is 11.5. The summed E-state index contributed by atoms with van der Waals surface area (Å²) in [7, 11) is 6.05. The van der Waals surface area contributed by atoms with E-state index in [1.54, 1.807) is 0 Å². The van der Waals surface area contributed by atoms with Crippen LogP contribution in [-0.4, -0.2) is 56.8 Å². The number of ether oxygens (including phenoxy) is 2. The molecule has 0 spiro atoms. The Hall–Kier alpha value is -0.370.